The van der Waals surface area contributed by atoms with Crippen LogP contribution in [0, 0.1) is 0 Å². The van der Waals surface area contributed by atoms with Crippen molar-refractivity contribution < 1.29 is 8.62 Å². The van der Waals surface area contributed by atoms with E-state index in [4.69, 9.17) is 11.6 Å². The van der Waals surface area contributed by atoms with Gasteiger partial charge in [-0.15, -0.1) is 12.4 Å². The topological polar surface area (TPSA) is 26.3 Å². The fourth-order valence-corrected chi connectivity index (χ4v) is 0.717. The van der Waals surface area contributed by atoms with Gasteiger partial charge in [0.1, 0.15) is 0 Å². The Balaban J connectivity index is 0. The molecule has 0 aliphatic carbocycles. The molecule has 0 amide bonds. The summed E-state index contributed by atoms with van der Waals surface area (Å²) < 4.78 is 3.25. The molecular formula is C2H2Br2Cl2O2. The summed E-state index contributed by atoms with van der Waals surface area (Å²) >= 11 is 10.4. The molecule has 0 saturated heterocycles. The number of carbonyl (C=O) groups is 1. The number of alkyl halides is 2. The van der Waals surface area contributed by atoms with Crippen LogP contribution in [-0.2, 0) is 8.62 Å². The van der Waals surface area contributed by atoms with Crippen molar-refractivity contribution in [3.63, 3.8) is 0 Å². The third-order valence-electron chi connectivity index (χ3n) is 0.254. The second-order valence-electron chi connectivity index (χ2n) is 0.697. The van der Waals surface area contributed by atoms with Crippen LogP contribution in [-0.4, -0.2) is 10.3 Å². The van der Waals surface area contributed by atoms with Crippen LogP contribution in [0.4, 0.5) is 0 Å². The summed E-state index contributed by atoms with van der Waals surface area (Å²) in [6, 6.07) is 0. The van der Waals surface area contributed by atoms with Crippen molar-refractivity contribution in [1.29, 1.82) is 0 Å². The molecule has 0 aromatic carbocycles. The van der Waals surface area contributed by atoms with Gasteiger partial charge >= 0.3 is 5.97 Å². The maximum atomic E-state index is 10.1. The first-order chi connectivity index (χ1) is 3.18. The highest BCUT2D eigenvalue weighted by Crippen LogP contribution is 2.07. The molecule has 6 heteroatoms. The van der Waals surface area contributed by atoms with Crippen LogP contribution in [0.25, 0.3) is 0 Å². The Kier molecular flexibility index (Phi) is 9.02. The molecule has 0 aromatic heterocycles. The summed E-state index contributed by atoms with van der Waals surface area (Å²) in [6.07, 6.45) is 0. The van der Waals surface area contributed by atoms with Gasteiger partial charge in [-0.3, -0.25) is 0 Å². The van der Waals surface area contributed by atoms with Gasteiger partial charge in [0.25, 0.3) is 0 Å². The summed E-state index contributed by atoms with van der Waals surface area (Å²) in [5, 5.41) is 0. The Labute approximate surface area is 74.9 Å². The number of hydrogen-bond donors (Lipinski definition) is 0. The maximum absolute atomic E-state index is 10.1. The zero-order valence-electron chi connectivity index (χ0n) is 3.44. The molecule has 0 bridgehead atoms. The smallest absolute Gasteiger partial charge is 0.346 e. The Morgan fingerprint density at radius 2 is 2.12 bits per heavy atom. The van der Waals surface area contributed by atoms with E-state index in [0.717, 1.165) is 0 Å². The van der Waals surface area contributed by atoms with Crippen LogP contribution < -0.4 is 0 Å². The lowest BCUT2D eigenvalue weighted by atomic mass is 10.8. The molecule has 50 valence electrons. The van der Waals surface area contributed by atoms with E-state index in [1.54, 1.807) is 0 Å². The van der Waals surface area contributed by atoms with Gasteiger partial charge in [0.05, 0.1) is 0 Å². The molecule has 0 radical (unpaired) electrons. The number of hydrogen-bond acceptors (Lipinski definition) is 2. The first-order valence-electron chi connectivity index (χ1n) is 1.29. The van der Waals surface area contributed by atoms with Gasteiger partial charge in [0, 0.05) is 0 Å². The van der Waals surface area contributed by atoms with Crippen LogP contribution >= 0.6 is 56.2 Å². The molecule has 0 heterocycles. The average Bonchev–Trinajstić information content (AvgIpc) is 1.65. The molecule has 8 heavy (non-hydrogen) atoms. The van der Waals surface area contributed by atoms with E-state index in [9.17, 15) is 4.79 Å². The highest BCUT2D eigenvalue weighted by Gasteiger charge is 2.09. The standard InChI is InChI=1S/C2HBr2ClO2.ClH/c3-1(5)2(6)7-4;/h1H;1H. The van der Waals surface area contributed by atoms with E-state index in [0.29, 0.717) is 0 Å². The first kappa shape index (κ1) is 11.8. The molecule has 0 saturated carbocycles. The van der Waals surface area contributed by atoms with Crippen molar-refractivity contribution in [2.75, 3.05) is 0 Å². The van der Waals surface area contributed by atoms with Crippen molar-refractivity contribution in [2.24, 2.45) is 0 Å². The minimum Gasteiger partial charge on any atom is -0.382 e. The zero-order chi connectivity index (χ0) is 5.86. The molecule has 0 fully saturated rings. The molecular weight excluding hydrogens is 287 g/mol. The minimum atomic E-state index is -0.758. The predicted octanol–water partition coefficient (Wildman–Crippen LogP) is 2.22. The quantitative estimate of drug-likeness (QED) is 0.692. The predicted molar refractivity (Wildman–Crippen MR) is 40.8 cm³/mol. The van der Waals surface area contributed by atoms with Crippen LogP contribution in [0.3, 0.4) is 0 Å². The first-order valence-corrected chi connectivity index (χ1v) is 3.29. The van der Waals surface area contributed by atoms with E-state index >= 15 is 0 Å². The van der Waals surface area contributed by atoms with Crippen LogP contribution in [0.1, 0.15) is 0 Å². The molecule has 0 rings (SSSR count). The molecule has 0 N–H and O–H groups in total. The maximum Gasteiger partial charge on any atom is 0.346 e. The Hall–Kier alpha value is 1.01. The fraction of sp³-hybridized carbons (Fsp3) is 0.500. The van der Waals surface area contributed by atoms with Gasteiger partial charge in [-0.1, -0.05) is 27.5 Å². The highest BCUT2D eigenvalue weighted by atomic mass is 79.9. The van der Waals surface area contributed by atoms with E-state index < -0.39 is 10.3 Å². The summed E-state index contributed by atoms with van der Waals surface area (Å²) in [4.78, 5) is 10.1. The zero-order valence-corrected chi connectivity index (χ0v) is 8.18. The fourth-order valence-electron chi connectivity index (χ4n) is 0.0337. The van der Waals surface area contributed by atoms with Crippen molar-refractivity contribution in [3.05, 3.63) is 0 Å². The van der Waals surface area contributed by atoms with Crippen molar-refractivity contribution >= 4 is 62.2 Å². The highest BCUT2D eigenvalue weighted by molar-refractivity contribution is 9.10. The van der Waals surface area contributed by atoms with E-state index in [1.165, 1.54) is 0 Å². The van der Waals surface area contributed by atoms with E-state index in [-0.39, 0.29) is 12.4 Å². The minimum absolute atomic E-state index is 0. The summed E-state index contributed by atoms with van der Waals surface area (Å²) in [5.41, 5.74) is 0. The second-order valence-corrected chi connectivity index (χ2v) is 2.90. The lowest BCUT2D eigenvalue weighted by Gasteiger charge is -1.91. The molecule has 0 spiro atoms. The summed E-state index contributed by atoms with van der Waals surface area (Å²) in [5.74, 6) is -0.554. The molecule has 1 atom stereocenters. The van der Waals surface area contributed by atoms with Gasteiger partial charge in [0.2, 0.25) is 0 Å². The van der Waals surface area contributed by atoms with Crippen LogP contribution in [0.15, 0.2) is 0 Å². The van der Waals surface area contributed by atoms with Gasteiger partial charge in [-0.05, 0) is 0 Å². The van der Waals surface area contributed by atoms with E-state index in [1.807, 2.05) is 0 Å². The average molecular weight is 289 g/mol. The van der Waals surface area contributed by atoms with E-state index in [2.05, 4.69) is 36.0 Å². The number of halogens is 4. The normalized spacial score (nSPS) is 11.4. The second kappa shape index (κ2) is 6.13. The molecule has 0 aliphatic heterocycles. The monoisotopic (exact) mass is 286 g/mol. The van der Waals surface area contributed by atoms with Gasteiger partial charge in [-0.2, -0.15) is 0 Å². The SMILES string of the molecule is Cl.O=C(OBr)C(Cl)Br. The Morgan fingerprint density at radius 3 is 2.12 bits per heavy atom. The van der Waals surface area contributed by atoms with Crippen molar-refractivity contribution in [2.45, 2.75) is 4.29 Å². The van der Waals surface area contributed by atoms with Crippen LogP contribution in [0.2, 0.25) is 0 Å². The lowest BCUT2D eigenvalue weighted by Crippen LogP contribution is -2.04. The van der Waals surface area contributed by atoms with Gasteiger partial charge in [0.15, 0.2) is 20.5 Å². The summed E-state index contributed by atoms with van der Waals surface area (Å²) in [6.45, 7) is 0. The van der Waals surface area contributed by atoms with Crippen molar-refractivity contribution in [1.82, 2.24) is 0 Å². The third-order valence-corrected chi connectivity index (χ3v) is 1.13. The molecule has 1 unspecified atom stereocenters. The number of rotatable bonds is 1. The van der Waals surface area contributed by atoms with Crippen LogP contribution in [0.5, 0.6) is 0 Å². The Bertz CT molecular complexity index is 76.4. The lowest BCUT2D eigenvalue weighted by molar-refractivity contribution is -0.130. The third kappa shape index (κ3) is 5.15. The largest absolute Gasteiger partial charge is 0.382 e. The van der Waals surface area contributed by atoms with Gasteiger partial charge < -0.3 is 3.83 Å². The van der Waals surface area contributed by atoms with Gasteiger partial charge in [-0.25, -0.2) is 4.79 Å². The molecule has 0 aliphatic rings. The number of carbonyl (C=O) groups excluding carboxylic acids is 1. The molecule has 0 aromatic rings. The van der Waals surface area contributed by atoms with Crippen molar-refractivity contribution in [3.8, 4) is 0 Å². The Morgan fingerprint density at radius 1 is 1.75 bits per heavy atom. The molecule has 2 nitrogen and oxygen atoms in total. The summed E-state index contributed by atoms with van der Waals surface area (Å²) in [7, 11) is 0.